The lowest BCUT2D eigenvalue weighted by Gasteiger charge is -2.52. The van der Waals surface area contributed by atoms with Gasteiger partial charge in [-0.05, 0) is 13.3 Å². The first-order chi connectivity index (χ1) is 12.9. The van der Waals surface area contributed by atoms with Gasteiger partial charge >= 0.3 is 0 Å². The van der Waals surface area contributed by atoms with Crippen LogP contribution >= 0.6 is 0 Å². The lowest BCUT2D eigenvalue weighted by Crippen LogP contribution is -2.60. The van der Waals surface area contributed by atoms with E-state index in [1.54, 1.807) is 33.8 Å². The number of aliphatic hydroxyl groups is 7. The highest BCUT2D eigenvalue weighted by Gasteiger charge is 2.54. The number of ether oxygens (including phenoxy) is 2. The van der Waals surface area contributed by atoms with Crippen LogP contribution in [0.25, 0.3) is 0 Å². The summed E-state index contributed by atoms with van der Waals surface area (Å²) in [6.07, 6.45) is -6.28. The van der Waals surface area contributed by atoms with Gasteiger partial charge in [0.2, 0.25) is 0 Å². The van der Waals surface area contributed by atoms with E-state index < -0.39 is 72.6 Å². The molecule has 0 radical (unpaired) electrons. The fourth-order valence-electron chi connectivity index (χ4n) is 4.11. The van der Waals surface area contributed by atoms with Crippen molar-refractivity contribution in [3.05, 3.63) is 12.2 Å². The Bertz CT molecular complexity index is 552. The standard InChI is InChI=1S/C19H34O9/c1-9(27-17-16(25)15(24)14(23)12(8-20)28-17)5-6-19(26)10(2)13(22)11(21)7-18(19,3)4/h5-6,9-17,20-26H,7-8H2,1-4H3. The monoisotopic (exact) mass is 406 g/mol. The molecule has 9 heteroatoms. The maximum atomic E-state index is 11.2. The molecule has 9 nitrogen and oxygen atoms in total. The van der Waals surface area contributed by atoms with Crippen LogP contribution in [0.4, 0.5) is 0 Å². The van der Waals surface area contributed by atoms with E-state index in [9.17, 15) is 35.7 Å². The van der Waals surface area contributed by atoms with Gasteiger partial charge in [-0.1, -0.05) is 32.9 Å². The van der Waals surface area contributed by atoms with Gasteiger partial charge in [0.25, 0.3) is 0 Å². The van der Waals surface area contributed by atoms with Crippen molar-refractivity contribution in [2.24, 2.45) is 11.3 Å². The molecule has 2 fully saturated rings. The molecule has 7 N–H and O–H groups in total. The van der Waals surface area contributed by atoms with Crippen LogP contribution in [0.3, 0.4) is 0 Å². The number of hydrogen-bond acceptors (Lipinski definition) is 9. The predicted molar refractivity (Wildman–Crippen MR) is 98.0 cm³/mol. The lowest BCUT2D eigenvalue weighted by molar-refractivity contribution is -0.306. The highest BCUT2D eigenvalue weighted by molar-refractivity contribution is 5.17. The molecule has 0 aromatic heterocycles. The van der Waals surface area contributed by atoms with Gasteiger partial charge in [0, 0.05) is 11.3 Å². The van der Waals surface area contributed by atoms with E-state index in [0.29, 0.717) is 0 Å². The van der Waals surface area contributed by atoms with Crippen molar-refractivity contribution in [3.8, 4) is 0 Å². The summed E-state index contributed by atoms with van der Waals surface area (Å²) in [5, 5.41) is 70.3. The predicted octanol–water partition coefficient (Wildman–Crippen LogP) is -1.73. The largest absolute Gasteiger partial charge is 0.394 e. The Hall–Kier alpha value is -0.620. The maximum Gasteiger partial charge on any atom is 0.187 e. The molecule has 1 saturated carbocycles. The summed E-state index contributed by atoms with van der Waals surface area (Å²) >= 11 is 0. The van der Waals surface area contributed by atoms with Gasteiger partial charge in [-0.2, -0.15) is 0 Å². The van der Waals surface area contributed by atoms with Crippen molar-refractivity contribution in [3.63, 3.8) is 0 Å². The van der Waals surface area contributed by atoms with Crippen LogP contribution in [0.2, 0.25) is 0 Å². The smallest absolute Gasteiger partial charge is 0.187 e. The van der Waals surface area contributed by atoms with E-state index in [1.165, 1.54) is 6.08 Å². The molecule has 164 valence electrons. The van der Waals surface area contributed by atoms with Crippen LogP contribution in [0, 0.1) is 11.3 Å². The molecule has 10 unspecified atom stereocenters. The number of hydrogen-bond donors (Lipinski definition) is 7. The third-order valence-electron chi connectivity index (χ3n) is 6.22. The Morgan fingerprint density at radius 1 is 1.07 bits per heavy atom. The van der Waals surface area contributed by atoms with E-state index in [-0.39, 0.29) is 6.42 Å². The summed E-state index contributed by atoms with van der Waals surface area (Å²) < 4.78 is 10.9. The van der Waals surface area contributed by atoms with Gasteiger partial charge in [-0.15, -0.1) is 0 Å². The van der Waals surface area contributed by atoms with Crippen molar-refractivity contribution >= 4 is 0 Å². The van der Waals surface area contributed by atoms with Crippen LogP contribution in [0.1, 0.15) is 34.1 Å². The Labute approximate surface area is 164 Å². The summed E-state index contributed by atoms with van der Waals surface area (Å²) in [5.74, 6) is -0.637. The van der Waals surface area contributed by atoms with Crippen LogP contribution in [0.15, 0.2) is 12.2 Å². The molecular weight excluding hydrogens is 372 g/mol. The summed E-state index contributed by atoms with van der Waals surface area (Å²) in [6.45, 7) is 6.33. The quantitative estimate of drug-likeness (QED) is 0.263. The second-order valence-corrected chi connectivity index (χ2v) is 8.66. The highest BCUT2D eigenvalue weighted by atomic mass is 16.7. The second kappa shape index (κ2) is 8.63. The first kappa shape index (κ1) is 23.7. The Morgan fingerprint density at radius 2 is 1.68 bits per heavy atom. The second-order valence-electron chi connectivity index (χ2n) is 8.66. The molecule has 28 heavy (non-hydrogen) atoms. The Morgan fingerprint density at radius 3 is 2.25 bits per heavy atom. The van der Waals surface area contributed by atoms with Crippen molar-refractivity contribution in [2.75, 3.05) is 6.61 Å². The molecule has 1 heterocycles. The van der Waals surface area contributed by atoms with Crippen LogP contribution in [-0.2, 0) is 9.47 Å². The molecule has 1 aliphatic carbocycles. The van der Waals surface area contributed by atoms with Crippen molar-refractivity contribution in [2.45, 2.75) is 88.7 Å². The highest BCUT2D eigenvalue weighted by Crippen LogP contribution is 2.48. The molecule has 1 saturated heterocycles. The average Bonchev–Trinajstić information content (AvgIpc) is 2.63. The van der Waals surface area contributed by atoms with E-state index >= 15 is 0 Å². The fourth-order valence-corrected chi connectivity index (χ4v) is 4.11. The van der Waals surface area contributed by atoms with E-state index in [0.717, 1.165) is 0 Å². The number of aliphatic hydroxyl groups excluding tert-OH is 6. The zero-order chi connectivity index (χ0) is 21.4. The minimum absolute atomic E-state index is 0.210. The molecule has 10 atom stereocenters. The van der Waals surface area contributed by atoms with Gasteiger partial charge in [-0.3, -0.25) is 0 Å². The summed E-state index contributed by atoms with van der Waals surface area (Å²) in [4.78, 5) is 0. The van der Waals surface area contributed by atoms with Crippen LogP contribution in [-0.4, -0.2) is 97.0 Å². The average molecular weight is 406 g/mol. The maximum absolute atomic E-state index is 11.2. The van der Waals surface area contributed by atoms with E-state index in [2.05, 4.69) is 0 Å². The number of rotatable bonds is 5. The van der Waals surface area contributed by atoms with Gasteiger partial charge in [0.15, 0.2) is 6.29 Å². The molecule has 0 amide bonds. The van der Waals surface area contributed by atoms with Gasteiger partial charge in [0.05, 0.1) is 30.5 Å². The zero-order valence-corrected chi connectivity index (χ0v) is 16.7. The Balaban J connectivity index is 2.11. The van der Waals surface area contributed by atoms with Crippen molar-refractivity contribution in [1.29, 1.82) is 0 Å². The molecule has 2 rings (SSSR count). The van der Waals surface area contributed by atoms with Gasteiger partial charge in [0.1, 0.15) is 24.4 Å². The summed E-state index contributed by atoms with van der Waals surface area (Å²) in [5.41, 5.74) is -2.14. The van der Waals surface area contributed by atoms with E-state index in [4.69, 9.17) is 9.47 Å². The summed E-state index contributed by atoms with van der Waals surface area (Å²) in [7, 11) is 0. The molecule has 0 aromatic rings. The Kier molecular flexibility index (Phi) is 7.29. The minimum Gasteiger partial charge on any atom is -0.394 e. The molecular formula is C19H34O9. The molecule has 0 spiro atoms. The normalized spacial score (nSPS) is 48.0. The molecule has 2 aliphatic rings. The minimum atomic E-state index is -1.54. The fraction of sp³-hybridized carbons (Fsp3) is 0.895. The summed E-state index contributed by atoms with van der Waals surface area (Å²) in [6, 6.07) is 0. The van der Waals surface area contributed by atoms with Gasteiger partial charge in [-0.25, -0.2) is 0 Å². The lowest BCUT2D eigenvalue weighted by atomic mass is 9.58. The van der Waals surface area contributed by atoms with Crippen molar-refractivity contribution in [1.82, 2.24) is 0 Å². The first-order valence-electron chi connectivity index (χ1n) is 9.59. The SMILES string of the molecule is CC(C=CC1(O)C(C)C(O)C(O)CC1(C)C)OC1OC(CO)C(O)C(O)C1O. The van der Waals surface area contributed by atoms with Crippen LogP contribution < -0.4 is 0 Å². The van der Waals surface area contributed by atoms with Crippen LogP contribution in [0.5, 0.6) is 0 Å². The zero-order valence-electron chi connectivity index (χ0n) is 16.7. The molecule has 1 aliphatic heterocycles. The van der Waals surface area contributed by atoms with Crippen molar-refractivity contribution < 1.29 is 45.2 Å². The molecule has 0 bridgehead atoms. The third-order valence-corrected chi connectivity index (χ3v) is 6.22. The van der Waals surface area contributed by atoms with Gasteiger partial charge < -0.3 is 45.2 Å². The molecule has 0 aromatic carbocycles. The third kappa shape index (κ3) is 4.28. The first-order valence-corrected chi connectivity index (χ1v) is 9.59. The topological polar surface area (TPSA) is 160 Å². The van der Waals surface area contributed by atoms with E-state index in [1.807, 2.05) is 0 Å².